The van der Waals surface area contributed by atoms with Gasteiger partial charge in [0, 0.05) is 35.2 Å². The highest BCUT2D eigenvalue weighted by Gasteiger charge is 2.27. The Bertz CT molecular complexity index is 835. The average molecular weight is 395 g/mol. The fourth-order valence-electron chi connectivity index (χ4n) is 3.15. The van der Waals surface area contributed by atoms with Crippen LogP contribution in [0.1, 0.15) is 23.7 Å². The van der Waals surface area contributed by atoms with E-state index in [1.807, 2.05) is 25.1 Å². The summed E-state index contributed by atoms with van der Waals surface area (Å²) in [6.45, 7) is 7.34. The average Bonchev–Trinajstić information content (AvgIpc) is 2.78. The van der Waals surface area contributed by atoms with Crippen molar-refractivity contribution >= 4 is 35.8 Å². The van der Waals surface area contributed by atoms with E-state index in [0.717, 1.165) is 35.3 Å². The molecule has 0 saturated carbocycles. The zero-order valence-corrected chi connectivity index (χ0v) is 16.9. The van der Waals surface area contributed by atoms with E-state index in [4.69, 9.17) is 22.1 Å². The molecule has 0 aliphatic carbocycles. The molecule has 0 spiro atoms. The van der Waals surface area contributed by atoms with Gasteiger partial charge in [-0.3, -0.25) is 0 Å². The highest BCUT2D eigenvalue weighted by molar-refractivity contribution is 7.70. The van der Waals surface area contributed by atoms with Gasteiger partial charge in [-0.2, -0.15) is 4.98 Å². The van der Waals surface area contributed by atoms with Gasteiger partial charge in [0.2, 0.25) is 5.95 Å². The van der Waals surface area contributed by atoms with Gasteiger partial charge in [0.05, 0.1) is 12.6 Å². The lowest BCUT2D eigenvalue weighted by Gasteiger charge is -2.31. The van der Waals surface area contributed by atoms with E-state index in [1.165, 1.54) is 0 Å². The number of hydrogen-bond donors (Lipinski definition) is 1. The molecule has 0 bridgehead atoms. The van der Waals surface area contributed by atoms with Crippen LogP contribution in [0.5, 0.6) is 0 Å². The number of anilines is 2. The van der Waals surface area contributed by atoms with E-state index in [2.05, 4.69) is 14.9 Å². The summed E-state index contributed by atoms with van der Waals surface area (Å²) in [6, 6.07) is 7.47. The Hall–Kier alpha value is -1.62. The van der Waals surface area contributed by atoms with Gasteiger partial charge >= 0.3 is 0 Å². The smallest absolute Gasteiger partial charge is 0.222 e. The van der Waals surface area contributed by atoms with Crippen LogP contribution in [0.3, 0.4) is 0 Å². The van der Waals surface area contributed by atoms with Crippen LogP contribution in [0, 0.1) is 6.92 Å². The van der Waals surface area contributed by atoms with Gasteiger partial charge in [-0.05, 0) is 38.3 Å². The molecule has 2 aromatic rings. The minimum atomic E-state index is -2.37. The Kier molecular flexibility index (Phi) is 5.56. The molecule has 8 heteroatoms. The minimum Gasteiger partial charge on any atom is -0.379 e. The molecule has 0 amide bonds. The number of nitrogens with zero attached hydrogens (tertiary/aromatic N) is 3. The highest BCUT2D eigenvalue weighted by atomic mass is 35.5. The Morgan fingerprint density at radius 1 is 1.31 bits per heavy atom. The number of aromatic nitrogens is 2. The van der Waals surface area contributed by atoms with Crippen LogP contribution in [0.4, 0.5) is 11.8 Å². The molecule has 1 saturated heterocycles. The number of aryl methyl sites for hydroxylation is 1. The Balaban J connectivity index is 2.03. The summed E-state index contributed by atoms with van der Waals surface area (Å²) in [7, 11) is -2.37. The van der Waals surface area contributed by atoms with Crippen LogP contribution >= 0.6 is 18.7 Å². The zero-order chi connectivity index (χ0) is 18.9. The number of rotatable bonds is 3. The number of halogens is 1. The maximum absolute atomic E-state index is 12.3. The van der Waals surface area contributed by atoms with Crippen molar-refractivity contribution in [1.29, 1.82) is 0 Å². The van der Waals surface area contributed by atoms with Crippen LogP contribution < -0.4 is 15.9 Å². The van der Waals surface area contributed by atoms with Crippen LogP contribution in [0.15, 0.2) is 24.3 Å². The molecule has 1 aliphatic rings. The van der Waals surface area contributed by atoms with Crippen molar-refractivity contribution in [3.05, 3.63) is 40.5 Å². The van der Waals surface area contributed by atoms with Crippen molar-refractivity contribution in [3.8, 4) is 0 Å². The molecule has 6 nitrogen and oxygen atoms in total. The lowest BCUT2D eigenvalue weighted by atomic mass is 10.1. The van der Waals surface area contributed by atoms with E-state index in [0.29, 0.717) is 18.2 Å². The van der Waals surface area contributed by atoms with Crippen molar-refractivity contribution < 1.29 is 9.30 Å². The number of benzene rings is 1. The van der Waals surface area contributed by atoms with Crippen molar-refractivity contribution in [2.24, 2.45) is 0 Å². The maximum Gasteiger partial charge on any atom is 0.222 e. The van der Waals surface area contributed by atoms with Gasteiger partial charge in [-0.1, -0.05) is 23.7 Å². The summed E-state index contributed by atoms with van der Waals surface area (Å²) in [5.74, 6) is 1.02. The molecule has 2 heterocycles. The molecule has 1 aromatic heterocycles. The monoisotopic (exact) mass is 394 g/mol. The van der Waals surface area contributed by atoms with Gasteiger partial charge in [-0.15, -0.1) is 0 Å². The third-order valence-electron chi connectivity index (χ3n) is 4.46. The highest BCUT2D eigenvalue weighted by Crippen LogP contribution is 2.38. The van der Waals surface area contributed by atoms with Gasteiger partial charge in [0.15, 0.2) is 0 Å². The normalized spacial score (nSPS) is 18.6. The first-order valence-electron chi connectivity index (χ1n) is 8.56. The van der Waals surface area contributed by atoms with Gasteiger partial charge < -0.3 is 19.9 Å². The first-order valence-corrected chi connectivity index (χ1v) is 11.5. The second-order valence-electron chi connectivity index (χ2n) is 6.92. The minimum absolute atomic E-state index is 0.0964. The summed E-state index contributed by atoms with van der Waals surface area (Å²) in [4.78, 5) is 10.7. The molecule has 140 valence electrons. The van der Waals surface area contributed by atoms with Crippen molar-refractivity contribution in [2.75, 3.05) is 43.7 Å². The number of nitrogen functional groups attached to an aromatic ring is 1. The van der Waals surface area contributed by atoms with E-state index in [-0.39, 0.29) is 12.0 Å². The van der Waals surface area contributed by atoms with E-state index in [1.54, 1.807) is 19.4 Å². The van der Waals surface area contributed by atoms with E-state index < -0.39 is 7.14 Å². The van der Waals surface area contributed by atoms with Gasteiger partial charge in [0.1, 0.15) is 13.0 Å². The molecule has 1 aromatic carbocycles. The second-order valence-corrected chi connectivity index (χ2v) is 10.5. The Morgan fingerprint density at radius 2 is 2.08 bits per heavy atom. The van der Waals surface area contributed by atoms with E-state index >= 15 is 0 Å². The van der Waals surface area contributed by atoms with Crippen molar-refractivity contribution in [3.63, 3.8) is 0 Å². The molecule has 1 fully saturated rings. The van der Waals surface area contributed by atoms with Crippen LogP contribution in [-0.2, 0) is 9.30 Å². The van der Waals surface area contributed by atoms with Crippen LogP contribution in [0.2, 0.25) is 5.02 Å². The fourth-order valence-corrected chi connectivity index (χ4v) is 4.41. The molecule has 1 atom stereocenters. The van der Waals surface area contributed by atoms with Gasteiger partial charge in [-0.25, -0.2) is 4.98 Å². The SMILES string of the molecule is Cc1cc(N2CCCOC[C@H]2c2ccc(P(C)(C)=O)cc2Cl)nc(N)n1. The molecule has 3 rings (SSSR count). The summed E-state index contributed by atoms with van der Waals surface area (Å²) in [5, 5.41) is 1.36. The summed E-state index contributed by atoms with van der Waals surface area (Å²) >= 11 is 6.58. The molecular formula is C18H24ClN4O2P. The predicted molar refractivity (Wildman–Crippen MR) is 107 cm³/mol. The third-order valence-corrected chi connectivity index (χ3v) is 6.31. The van der Waals surface area contributed by atoms with Crippen LogP contribution in [0.25, 0.3) is 0 Å². The summed E-state index contributed by atoms with van der Waals surface area (Å²) < 4.78 is 18.1. The predicted octanol–water partition coefficient (Wildman–Crippen LogP) is 3.24. The molecule has 1 aliphatic heterocycles. The number of ether oxygens (including phenoxy) is 1. The standard InChI is InChI=1S/C18H24ClN4O2P/c1-12-9-17(22-18(20)21-12)23-7-4-8-25-11-16(23)14-6-5-13(10-15(14)19)26(2,3)24/h5-6,9-10,16H,4,7-8,11H2,1-3H3,(H2,20,21,22)/t16-/m0/s1. The first-order chi connectivity index (χ1) is 12.3. The quantitative estimate of drug-likeness (QED) is 0.805. The van der Waals surface area contributed by atoms with Gasteiger partial charge in [0.25, 0.3) is 0 Å². The fraction of sp³-hybridized carbons (Fsp3) is 0.444. The molecular weight excluding hydrogens is 371 g/mol. The lowest BCUT2D eigenvalue weighted by Crippen LogP contribution is -2.32. The second kappa shape index (κ2) is 7.55. The zero-order valence-electron chi connectivity index (χ0n) is 15.3. The summed E-state index contributed by atoms with van der Waals surface area (Å²) in [6.07, 6.45) is 0.883. The van der Waals surface area contributed by atoms with Crippen LogP contribution in [-0.4, -0.2) is 43.1 Å². The molecule has 0 unspecified atom stereocenters. The Labute approximate surface area is 159 Å². The maximum atomic E-state index is 12.3. The van der Waals surface area contributed by atoms with E-state index in [9.17, 15) is 4.57 Å². The number of hydrogen-bond acceptors (Lipinski definition) is 6. The first kappa shape index (κ1) is 19.2. The summed E-state index contributed by atoms with van der Waals surface area (Å²) in [5.41, 5.74) is 7.60. The molecule has 26 heavy (non-hydrogen) atoms. The number of nitrogens with two attached hydrogens (primary N) is 1. The molecule has 0 radical (unpaired) electrons. The third kappa shape index (κ3) is 4.20. The largest absolute Gasteiger partial charge is 0.379 e. The topological polar surface area (TPSA) is 81.3 Å². The van der Waals surface area contributed by atoms with Crippen molar-refractivity contribution in [2.45, 2.75) is 19.4 Å². The van der Waals surface area contributed by atoms with Crippen molar-refractivity contribution in [1.82, 2.24) is 9.97 Å². The Morgan fingerprint density at radius 3 is 2.73 bits per heavy atom. The lowest BCUT2D eigenvalue weighted by molar-refractivity contribution is 0.134. The molecule has 2 N–H and O–H groups in total.